The zero-order valence-corrected chi connectivity index (χ0v) is 9.04. The molecule has 0 fully saturated rings. The molecule has 0 amide bonds. The van der Waals surface area contributed by atoms with Gasteiger partial charge in [0.2, 0.25) is 0 Å². The first-order valence-corrected chi connectivity index (χ1v) is 4.94. The molecule has 3 nitrogen and oxygen atoms in total. The third-order valence-corrected chi connectivity index (χ3v) is 2.56. The minimum atomic E-state index is -0.485. The molecule has 1 aromatic heterocycles. The zero-order valence-electron chi connectivity index (χ0n) is 9.04. The molecule has 2 N–H and O–H groups in total. The summed E-state index contributed by atoms with van der Waals surface area (Å²) in [4.78, 5) is 3.31. The standard InChI is InChI=1S/C12H11FN2O/c1-6(2)7-4-5-8(13)11-9(7)10(15-3)12(14)16-11/h4-6H,14H2,1-2H3. The number of benzene rings is 1. The van der Waals surface area contributed by atoms with Gasteiger partial charge in [-0.05, 0) is 17.5 Å². The lowest BCUT2D eigenvalue weighted by atomic mass is 9.98. The topological polar surface area (TPSA) is 43.5 Å². The molecule has 4 heteroatoms. The fourth-order valence-corrected chi connectivity index (χ4v) is 1.79. The van der Waals surface area contributed by atoms with E-state index in [9.17, 15) is 4.39 Å². The highest BCUT2D eigenvalue weighted by molar-refractivity contribution is 6.00. The number of hydrogen-bond donors (Lipinski definition) is 1. The Kier molecular flexibility index (Phi) is 2.31. The summed E-state index contributed by atoms with van der Waals surface area (Å²) < 4.78 is 18.6. The predicted octanol–water partition coefficient (Wildman–Crippen LogP) is 3.83. The van der Waals surface area contributed by atoms with Crippen molar-refractivity contribution in [3.8, 4) is 0 Å². The van der Waals surface area contributed by atoms with Gasteiger partial charge in [0, 0.05) is 5.39 Å². The molecule has 0 atom stereocenters. The summed E-state index contributed by atoms with van der Waals surface area (Å²) in [6.45, 7) is 11.0. The molecule has 0 aliphatic carbocycles. The third-order valence-electron chi connectivity index (χ3n) is 2.56. The number of anilines is 1. The molecular formula is C12H11FN2O. The van der Waals surface area contributed by atoms with Gasteiger partial charge >= 0.3 is 0 Å². The van der Waals surface area contributed by atoms with Crippen molar-refractivity contribution >= 4 is 22.5 Å². The number of hydrogen-bond acceptors (Lipinski definition) is 2. The predicted molar refractivity (Wildman–Crippen MR) is 60.9 cm³/mol. The quantitative estimate of drug-likeness (QED) is 0.739. The maximum absolute atomic E-state index is 13.5. The molecule has 1 heterocycles. The fourth-order valence-electron chi connectivity index (χ4n) is 1.79. The first-order valence-electron chi connectivity index (χ1n) is 4.94. The lowest BCUT2D eigenvalue weighted by Crippen LogP contribution is -1.89. The smallest absolute Gasteiger partial charge is 0.256 e. The Hall–Kier alpha value is -2.02. The molecule has 82 valence electrons. The van der Waals surface area contributed by atoms with E-state index in [4.69, 9.17) is 16.7 Å². The number of fused-ring (bicyclic) bond motifs is 1. The van der Waals surface area contributed by atoms with E-state index in [-0.39, 0.29) is 23.1 Å². The summed E-state index contributed by atoms with van der Waals surface area (Å²) >= 11 is 0. The van der Waals surface area contributed by atoms with Crippen molar-refractivity contribution in [2.45, 2.75) is 19.8 Å². The Bertz CT molecular complexity index is 593. The summed E-state index contributed by atoms with van der Waals surface area (Å²) in [7, 11) is 0. The molecule has 0 spiro atoms. The molecule has 0 unspecified atom stereocenters. The summed E-state index contributed by atoms with van der Waals surface area (Å²) in [5, 5.41) is 0.502. The van der Waals surface area contributed by atoms with Crippen molar-refractivity contribution in [1.29, 1.82) is 0 Å². The monoisotopic (exact) mass is 218 g/mol. The van der Waals surface area contributed by atoms with Crippen molar-refractivity contribution in [2.75, 3.05) is 5.73 Å². The van der Waals surface area contributed by atoms with E-state index >= 15 is 0 Å². The average molecular weight is 218 g/mol. The number of halogens is 1. The Morgan fingerprint density at radius 2 is 2.12 bits per heavy atom. The molecule has 0 aliphatic rings. The van der Waals surface area contributed by atoms with Gasteiger partial charge in [0.1, 0.15) is 0 Å². The zero-order chi connectivity index (χ0) is 11.9. The first-order chi connectivity index (χ1) is 7.56. The van der Waals surface area contributed by atoms with Crippen LogP contribution in [0.15, 0.2) is 16.5 Å². The summed E-state index contributed by atoms with van der Waals surface area (Å²) in [5.74, 6) is -0.321. The molecule has 0 saturated carbocycles. The Morgan fingerprint density at radius 1 is 1.44 bits per heavy atom. The number of nitrogens with zero attached hydrogens (tertiary/aromatic N) is 1. The lowest BCUT2D eigenvalue weighted by molar-refractivity contribution is 0.571. The highest BCUT2D eigenvalue weighted by Crippen LogP contribution is 2.41. The van der Waals surface area contributed by atoms with E-state index in [2.05, 4.69) is 4.85 Å². The van der Waals surface area contributed by atoms with Gasteiger partial charge < -0.3 is 10.2 Å². The van der Waals surface area contributed by atoms with Gasteiger partial charge in [-0.2, -0.15) is 0 Å². The number of nitrogens with two attached hydrogens (primary N) is 1. The number of furan rings is 1. The van der Waals surface area contributed by atoms with Gasteiger partial charge in [0.15, 0.2) is 17.3 Å². The Morgan fingerprint density at radius 3 is 2.69 bits per heavy atom. The van der Waals surface area contributed by atoms with Gasteiger partial charge in [-0.25, -0.2) is 9.24 Å². The average Bonchev–Trinajstić information content (AvgIpc) is 2.55. The van der Waals surface area contributed by atoms with E-state index in [0.717, 1.165) is 5.56 Å². The van der Waals surface area contributed by atoms with Gasteiger partial charge in [-0.15, -0.1) is 0 Å². The fraction of sp³-hybridized carbons (Fsp3) is 0.250. The Balaban J connectivity index is 2.96. The van der Waals surface area contributed by atoms with Crippen LogP contribution in [0.2, 0.25) is 0 Å². The van der Waals surface area contributed by atoms with E-state index < -0.39 is 5.82 Å². The van der Waals surface area contributed by atoms with Crippen LogP contribution in [0.25, 0.3) is 15.8 Å². The van der Waals surface area contributed by atoms with Crippen molar-refractivity contribution in [3.05, 3.63) is 34.9 Å². The van der Waals surface area contributed by atoms with Crippen LogP contribution >= 0.6 is 0 Å². The van der Waals surface area contributed by atoms with Crippen molar-refractivity contribution in [1.82, 2.24) is 0 Å². The second-order valence-electron chi connectivity index (χ2n) is 3.92. The summed E-state index contributed by atoms with van der Waals surface area (Å²) in [6.07, 6.45) is 0. The van der Waals surface area contributed by atoms with Crippen molar-refractivity contribution in [2.24, 2.45) is 0 Å². The second-order valence-corrected chi connectivity index (χ2v) is 3.92. The Labute approximate surface area is 92.5 Å². The number of nitrogen functional groups attached to an aromatic ring is 1. The van der Waals surface area contributed by atoms with Crippen LogP contribution in [0.3, 0.4) is 0 Å². The van der Waals surface area contributed by atoms with Gasteiger partial charge in [0.25, 0.3) is 5.69 Å². The van der Waals surface area contributed by atoms with E-state index in [1.807, 2.05) is 13.8 Å². The maximum Gasteiger partial charge on any atom is 0.256 e. The number of rotatable bonds is 1. The van der Waals surface area contributed by atoms with Gasteiger partial charge in [0.05, 0.1) is 6.57 Å². The molecule has 16 heavy (non-hydrogen) atoms. The third kappa shape index (κ3) is 1.33. The molecule has 0 aliphatic heterocycles. The van der Waals surface area contributed by atoms with Gasteiger partial charge in [-0.1, -0.05) is 19.9 Å². The molecule has 0 saturated heterocycles. The van der Waals surface area contributed by atoms with E-state index in [1.54, 1.807) is 6.07 Å². The summed E-state index contributed by atoms with van der Waals surface area (Å²) in [5.41, 5.74) is 6.72. The van der Waals surface area contributed by atoms with Crippen LogP contribution in [-0.4, -0.2) is 0 Å². The van der Waals surface area contributed by atoms with Crippen molar-refractivity contribution < 1.29 is 8.81 Å². The van der Waals surface area contributed by atoms with Crippen LogP contribution in [0.5, 0.6) is 0 Å². The molecule has 2 rings (SSSR count). The molecule has 2 aromatic rings. The molecule has 0 bridgehead atoms. The van der Waals surface area contributed by atoms with Crippen LogP contribution < -0.4 is 5.73 Å². The van der Waals surface area contributed by atoms with Crippen molar-refractivity contribution in [3.63, 3.8) is 0 Å². The molecule has 1 aromatic carbocycles. The minimum absolute atomic E-state index is 0.0167. The van der Waals surface area contributed by atoms with Crippen LogP contribution in [0, 0.1) is 12.4 Å². The summed E-state index contributed by atoms with van der Waals surface area (Å²) in [6, 6.07) is 3.01. The second kappa shape index (κ2) is 3.53. The molecule has 0 radical (unpaired) electrons. The largest absolute Gasteiger partial charge is 0.449 e. The SMILES string of the molecule is [C-]#[N+]c1c(N)oc2c(F)ccc(C(C)C)c12. The highest BCUT2D eigenvalue weighted by Gasteiger charge is 2.19. The van der Waals surface area contributed by atoms with Crippen LogP contribution in [-0.2, 0) is 0 Å². The van der Waals surface area contributed by atoms with Crippen LogP contribution in [0.1, 0.15) is 25.3 Å². The van der Waals surface area contributed by atoms with E-state index in [1.165, 1.54) is 6.07 Å². The van der Waals surface area contributed by atoms with Gasteiger partial charge in [-0.3, -0.25) is 0 Å². The normalized spacial score (nSPS) is 10.9. The highest BCUT2D eigenvalue weighted by atomic mass is 19.1. The van der Waals surface area contributed by atoms with E-state index in [0.29, 0.717) is 5.39 Å². The first kappa shape index (κ1) is 10.5. The van der Waals surface area contributed by atoms with Crippen LogP contribution in [0.4, 0.5) is 16.0 Å². The minimum Gasteiger partial charge on any atom is -0.449 e. The maximum atomic E-state index is 13.5. The lowest BCUT2D eigenvalue weighted by Gasteiger charge is -2.07. The molecular weight excluding hydrogens is 207 g/mol.